The smallest absolute Gasteiger partial charge is 0.0625 e. The fraction of sp³-hybridized carbons (Fsp3) is 0.429. The van der Waals surface area contributed by atoms with Crippen LogP contribution in [0.3, 0.4) is 0 Å². The first-order chi connectivity index (χ1) is 29.9. The minimum atomic E-state index is 0.355. The summed E-state index contributed by atoms with van der Waals surface area (Å²) in [4.78, 5) is 9.86. The Morgan fingerprint density at radius 3 is 1.82 bits per heavy atom. The van der Waals surface area contributed by atoms with E-state index in [1.165, 1.54) is 80.0 Å². The molecule has 314 valence electrons. The lowest BCUT2D eigenvalue weighted by Gasteiger charge is -2.39. The average molecular weight is 808 g/mol. The van der Waals surface area contributed by atoms with Gasteiger partial charge in [0.1, 0.15) is 0 Å². The summed E-state index contributed by atoms with van der Waals surface area (Å²) in [5.41, 5.74) is 28.7. The molecule has 5 aliphatic carbocycles. The number of nitrogens with two attached hydrogens (primary N) is 3. The van der Waals surface area contributed by atoms with Gasteiger partial charge in [0.2, 0.25) is 0 Å². The Morgan fingerprint density at radius 1 is 0.590 bits per heavy atom. The molecule has 0 spiro atoms. The second-order valence-electron chi connectivity index (χ2n) is 19.9. The van der Waals surface area contributed by atoms with Crippen molar-refractivity contribution in [2.45, 2.75) is 83.0 Å². The first-order valence-electron chi connectivity index (χ1n) is 23.6. The number of anilines is 3. The van der Waals surface area contributed by atoms with E-state index in [4.69, 9.17) is 27.2 Å². The fourth-order valence-corrected chi connectivity index (χ4v) is 14.1. The van der Waals surface area contributed by atoms with Crippen LogP contribution in [0.2, 0.25) is 0 Å². The molecule has 0 amide bonds. The van der Waals surface area contributed by atoms with Crippen LogP contribution in [0.1, 0.15) is 105 Å². The number of nitrogen functional groups attached to an aromatic ring is 3. The lowest BCUT2D eigenvalue weighted by atomic mass is 9.65. The molecule has 5 fully saturated rings. The van der Waals surface area contributed by atoms with Crippen LogP contribution in [-0.4, -0.2) is 12.4 Å². The van der Waals surface area contributed by atoms with Gasteiger partial charge in [-0.05, 0) is 212 Å². The SMILES string of the molecule is CC1C2CC(C=Nc3ccccc3)C(C2)C1CCCC=Nc1ccc(C(c2ccc(N)cc2)C2CC3CC2C2CCC(CC(c4ccc(N)cc4)c4ccc(N)cc4)C32)cc1. The molecule has 0 aromatic heterocycles. The molecule has 4 bridgehead atoms. The summed E-state index contributed by atoms with van der Waals surface area (Å²) in [5.74, 6) is 9.20. The van der Waals surface area contributed by atoms with Gasteiger partial charge in [-0.25, -0.2) is 0 Å². The van der Waals surface area contributed by atoms with Gasteiger partial charge in [-0.1, -0.05) is 73.7 Å². The van der Waals surface area contributed by atoms with E-state index in [9.17, 15) is 0 Å². The van der Waals surface area contributed by atoms with Gasteiger partial charge in [-0.15, -0.1) is 0 Å². The Hall–Kier alpha value is -5.16. The first kappa shape index (κ1) is 39.9. The number of fused-ring (bicyclic) bond motifs is 7. The lowest BCUT2D eigenvalue weighted by Crippen LogP contribution is -2.31. The van der Waals surface area contributed by atoms with Gasteiger partial charge in [0.05, 0.1) is 11.4 Å². The highest BCUT2D eigenvalue weighted by molar-refractivity contribution is 5.67. The predicted molar refractivity (Wildman–Crippen MR) is 256 cm³/mol. The van der Waals surface area contributed by atoms with Crippen LogP contribution in [0.15, 0.2) is 137 Å². The van der Waals surface area contributed by atoms with Crippen LogP contribution in [0.4, 0.5) is 28.4 Å². The molecule has 0 aliphatic heterocycles. The van der Waals surface area contributed by atoms with Crippen molar-refractivity contribution in [1.82, 2.24) is 0 Å². The van der Waals surface area contributed by atoms with E-state index in [-0.39, 0.29) is 0 Å². The molecule has 0 saturated heterocycles. The summed E-state index contributed by atoms with van der Waals surface area (Å²) < 4.78 is 0. The molecular weight excluding hydrogens is 743 g/mol. The summed E-state index contributed by atoms with van der Waals surface area (Å²) in [5, 5.41) is 0. The van der Waals surface area contributed by atoms with Crippen LogP contribution in [-0.2, 0) is 0 Å². The van der Waals surface area contributed by atoms with Gasteiger partial charge in [0.15, 0.2) is 0 Å². The fourth-order valence-electron chi connectivity index (χ4n) is 14.1. The zero-order valence-corrected chi connectivity index (χ0v) is 36.0. The summed E-state index contributed by atoms with van der Waals surface area (Å²) in [7, 11) is 0. The van der Waals surface area contributed by atoms with Crippen LogP contribution in [0.25, 0.3) is 0 Å². The van der Waals surface area contributed by atoms with Gasteiger partial charge >= 0.3 is 0 Å². The Kier molecular flexibility index (Phi) is 11.3. The van der Waals surface area contributed by atoms with E-state index in [1.807, 2.05) is 0 Å². The summed E-state index contributed by atoms with van der Waals surface area (Å²) in [6.45, 7) is 2.51. The van der Waals surface area contributed by atoms with E-state index < -0.39 is 0 Å². The normalized spacial score (nSPS) is 30.6. The van der Waals surface area contributed by atoms with Crippen LogP contribution in [0, 0.1) is 65.1 Å². The number of aliphatic imine (C=N–C) groups is 2. The molecule has 0 heterocycles. The Morgan fingerprint density at radius 2 is 1.18 bits per heavy atom. The largest absolute Gasteiger partial charge is 0.399 e. The zero-order chi connectivity index (χ0) is 41.5. The number of nitrogens with zero attached hydrogens (tertiary/aromatic N) is 2. The van der Waals surface area contributed by atoms with Crippen molar-refractivity contribution >= 4 is 40.9 Å². The van der Waals surface area contributed by atoms with Crippen molar-refractivity contribution in [3.63, 3.8) is 0 Å². The molecule has 12 atom stereocenters. The van der Waals surface area contributed by atoms with Crippen molar-refractivity contribution in [2.24, 2.45) is 75.1 Å². The number of hydrogen-bond acceptors (Lipinski definition) is 5. The molecule has 5 saturated carbocycles. The molecule has 6 N–H and O–H groups in total. The van der Waals surface area contributed by atoms with Crippen LogP contribution < -0.4 is 17.2 Å². The van der Waals surface area contributed by atoms with E-state index in [1.54, 1.807) is 0 Å². The highest BCUT2D eigenvalue weighted by Gasteiger charge is 2.58. The molecule has 5 aromatic carbocycles. The molecule has 5 nitrogen and oxygen atoms in total. The predicted octanol–water partition coefficient (Wildman–Crippen LogP) is 13.3. The number of hydrogen-bond donors (Lipinski definition) is 3. The molecule has 10 rings (SSSR count). The Bertz CT molecular complexity index is 2240. The van der Waals surface area contributed by atoms with E-state index >= 15 is 0 Å². The maximum absolute atomic E-state index is 6.25. The third-order valence-corrected chi connectivity index (χ3v) is 16.8. The van der Waals surface area contributed by atoms with Gasteiger partial charge in [0, 0.05) is 41.3 Å². The van der Waals surface area contributed by atoms with Gasteiger partial charge in [-0.3, -0.25) is 9.98 Å². The third-order valence-electron chi connectivity index (χ3n) is 16.8. The van der Waals surface area contributed by atoms with Crippen molar-refractivity contribution in [2.75, 3.05) is 17.2 Å². The average Bonchev–Trinajstić information content (AvgIpc) is 4.12. The van der Waals surface area contributed by atoms with Crippen molar-refractivity contribution in [3.8, 4) is 0 Å². The monoisotopic (exact) mass is 808 g/mol. The van der Waals surface area contributed by atoms with Gasteiger partial charge < -0.3 is 17.2 Å². The number of unbranched alkanes of at least 4 members (excludes halogenated alkanes) is 1. The number of para-hydroxylation sites is 1. The number of rotatable bonds is 14. The van der Waals surface area contributed by atoms with Gasteiger partial charge in [-0.2, -0.15) is 0 Å². The topological polar surface area (TPSA) is 103 Å². The standard InChI is InChI=1S/C56H65N5/c1-35-41-29-43(34-61-47-7-3-2-4-8-47)52(31-41)49(35)9-5-6-28-60-48-25-16-39(17-26-48)55(38-14-23-46(59)24-15-38)54-33-42-32-53(54)50-27-18-40(56(42)50)30-51(36-10-19-44(57)20-11-36)37-12-21-45(58)22-13-37/h2-4,7-8,10-17,19-26,28,34-35,40-43,49-56H,5-6,9,18,27,29-33,57-59H2,1H3. The summed E-state index contributed by atoms with van der Waals surface area (Å²) in [6.07, 6.45) is 17.3. The van der Waals surface area contributed by atoms with Crippen molar-refractivity contribution in [1.29, 1.82) is 0 Å². The summed E-state index contributed by atoms with van der Waals surface area (Å²) >= 11 is 0. The highest BCUT2D eigenvalue weighted by atomic mass is 14.7. The van der Waals surface area contributed by atoms with E-state index in [2.05, 4.69) is 147 Å². The molecule has 5 heteroatoms. The van der Waals surface area contributed by atoms with Crippen molar-refractivity contribution < 1.29 is 0 Å². The van der Waals surface area contributed by atoms with E-state index in [0.29, 0.717) is 23.7 Å². The maximum Gasteiger partial charge on any atom is 0.0625 e. The van der Waals surface area contributed by atoms with Crippen LogP contribution in [0.5, 0.6) is 0 Å². The van der Waals surface area contributed by atoms with Crippen LogP contribution >= 0.6 is 0 Å². The first-order valence-corrected chi connectivity index (χ1v) is 23.6. The third kappa shape index (κ3) is 8.18. The second-order valence-corrected chi connectivity index (χ2v) is 19.9. The lowest BCUT2D eigenvalue weighted by molar-refractivity contribution is 0.145. The maximum atomic E-state index is 6.25. The Balaban J connectivity index is 0.792. The molecule has 61 heavy (non-hydrogen) atoms. The van der Waals surface area contributed by atoms with Crippen molar-refractivity contribution in [3.05, 3.63) is 150 Å². The minimum absolute atomic E-state index is 0.355. The summed E-state index contributed by atoms with van der Waals surface area (Å²) in [6, 6.07) is 45.8. The van der Waals surface area contributed by atoms with Gasteiger partial charge in [0.25, 0.3) is 0 Å². The molecule has 5 aromatic rings. The number of benzene rings is 5. The zero-order valence-electron chi connectivity index (χ0n) is 36.0. The Labute approximate surface area is 364 Å². The highest BCUT2D eigenvalue weighted by Crippen LogP contribution is 2.67. The molecule has 12 unspecified atom stereocenters. The molecule has 5 aliphatic rings. The minimum Gasteiger partial charge on any atom is -0.399 e. The molecule has 0 radical (unpaired) electrons. The second kappa shape index (κ2) is 17.3. The van der Waals surface area contributed by atoms with E-state index in [0.717, 1.165) is 88.1 Å². The molecular formula is C56H65N5. The quantitative estimate of drug-likeness (QED) is 0.0591.